The molecule has 0 spiro atoms. The van der Waals surface area contributed by atoms with Gasteiger partial charge in [-0.2, -0.15) is 9.98 Å². The van der Waals surface area contributed by atoms with Gasteiger partial charge < -0.3 is 10.1 Å². The van der Waals surface area contributed by atoms with E-state index in [-0.39, 0.29) is 4.90 Å². The van der Waals surface area contributed by atoms with E-state index in [0.29, 0.717) is 12.8 Å². The lowest BCUT2D eigenvalue weighted by molar-refractivity contribution is -0.154. The van der Waals surface area contributed by atoms with Crippen LogP contribution in [0.5, 0.6) is 0 Å². The largest absolute Gasteiger partial charge is 0.452 e. The first-order valence-electron chi connectivity index (χ1n) is 9.58. The zero-order chi connectivity index (χ0) is 21.7. The predicted molar refractivity (Wildman–Crippen MR) is 106 cm³/mol. The molecule has 0 aromatic heterocycles. The molecule has 1 atom stereocenters. The number of hydrogen-bond acceptors (Lipinski definition) is 6. The van der Waals surface area contributed by atoms with E-state index in [1.165, 1.54) is 19.1 Å². The number of esters is 1. The molecule has 0 radical (unpaired) electrons. The topological polar surface area (TPSA) is 125 Å². The minimum Gasteiger partial charge on any atom is -0.452 e. The summed E-state index contributed by atoms with van der Waals surface area (Å²) in [7, 11) is -3.88. The lowest BCUT2D eigenvalue weighted by Crippen LogP contribution is -2.52. The molecule has 0 aliphatic heterocycles. The van der Waals surface area contributed by atoms with Crippen molar-refractivity contribution in [1.29, 1.82) is 5.26 Å². The number of nitrogens with one attached hydrogen (secondary N) is 2. The van der Waals surface area contributed by atoms with E-state index in [0.717, 1.165) is 30.4 Å². The minimum absolute atomic E-state index is 0.0486. The summed E-state index contributed by atoms with van der Waals surface area (Å²) in [4.78, 5) is 24.4. The Kier molecular flexibility index (Phi) is 7.38. The Morgan fingerprint density at radius 2 is 1.86 bits per heavy atom. The number of carbonyl (C=O) groups is 2. The Bertz CT molecular complexity index is 915. The maximum absolute atomic E-state index is 12.3. The average molecular weight is 422 g/mol. The molecular weight excluding hydrogens is 394 g/mol. The minimum atomic E-state index is -3.88. The SMILES string of the molecule is Cc1ccc(S(=O)(=O)NCC(=O)O[C@@H](C)C(=O)NC2(C#N)CCCCC2)cc1C. The summed E-state index contributed by atoms with van der Waals surface area (Å²) in [6, 6.07) is 6.82. The molecule has 158 valence electrons. The highest BCUT2D eigenvalue weighted by Crippen LogP contribution is 2.27. The Morgan fingerprint density at radius 1 is 1.21 bits per heavy atom. The number of carbonyl (C=O) groups excluding carboxylic acids is 2. The van der Waals surface area contributed by atoms with E-state index in [2.05, 4.69) is 16.1 Å². The van der Waals surface area contributed by atoms with E-state index >= 15 is 0 Å². The Balaban J connectivity index is 1.90. The molecule has 2 rings (SSSR count). The monoisotopic (exact) mass is 421 g/mol. The van der Waals surface area contributed by atoms with Gasteiger partial charge in [-0.15, -0.1) is 0 Å². The molecule has 0 heterocycles. The fourth-order valence-electron chi connectivity index (χ4n) is 3.17. The summed E-state index contributed by atoms with van der Waals surface area (Å²) in [6.07, 6.45) is 2.70. The molecule has 1 fully saturated rings. The molecule has 2 N–H and O–H groups in total. The first-order valence-corrected chi connectivity index (χ1v) is 11.1. The number of nitriles is 1. The van der Waals surface area contributed by atoms with Crippen LogP contribution in [0, 0.1) is 25.2 Å². The quantitative estimate of drug-likeness (QED) is 0.647. The van der Waals surface area contributed by atoms with Gasteiger partial charge >= 0.3 is 5.97 Å². The first-order chi connectivity index (χ1) is 13.6. The third kappa shape index (κ3) is 6.02. The van der Waals surface area contributed by atoms with Crippen molar-refractivity contribution in [2.24, 2.45) is 0 Å². The Morgan fingerprint density at radius 3 is 2.45 bits per heavy atom. The fourth-order valence-corrected chi connectivity index (χ4v) is 4.22. The van der Waals surface area contributed by atoms with Gasteiger partial charge in [-0.25, -0.2) is 8.42 Å². The number of benzene rings is 1. The van der Waals surface area contributed by atoms with Crippen molar-refractivity contribution >= 4 is 21.9 Å². The third-order valence-corrected chi connectivity index (χ3v) is 6.56. The van der Waals surface area contributed by atoms with Crippen molar-refractivity contribution in [3.05, 3.63) is 29.3 Å². The highest BCUT2D eigenvalue weighted by atomic mass is 32.2. The van der Waals surface area contributed by atoms with Crippen molar-refractivity contribution in [3.63, 3.8) is 0 Å². The van der Waals surface area contributed by atoms with Gasteiger partial charge in [0.2, 0.25) is 10.0 Å². The van der Waals surface area contributed by atoms with Crippen molar-refractivity contribution in [3.8, 4) is 6.07 Å². The number of ether oxygens (including phenoxy) is 1. The molecule has 0 bridgehead atoms. The fraction of sp³-hybridized carbons (Fsp3) is 0.550. The average Bonchev–Trinajstić information content (AvgIpc) is 2.69. The molecule has 1 aromatic rings. The van der Waals surface area contributed by atoms with Gasteiger partial charge in [0, 0.05) is 0 Å². The Hall–Kier alpha value is -2.44. The normalized spacial score (nSPS) is 17.0. The maximum atomic E-state index is 12.3. The van der Waals surface area contributed by atoms with Crippen molar-refractivity contribution < 1.29 is 22.7 Å². The van der Waals surface area contributed by atoms with E-state index < -0.39 is 40.1 Å². The molecule has 9 heteroatoms. The van der Waals surface area contributed by atoms with Crippen LogP contribution in [-0.2, 0) is 24.3 Å². The smallest absolute Gasteiger partial charge is 0.321 e. The lowest BCUT2D eigenvalue weighted by atomic mass is 9.83. The van der Waals surface area contributed by atoms with Crippen LogP contribution in [0.3, 0.4) is 0 Å². The van der Waals surface area contributed by atoms with E-state index in [1.54, 1.807) is 13.0 Å². The number of sulfonamides is 1. The van der Waals surface area contributed by atoms with Crippen LogP contribution in [0.4, 0.5) is 0 Å². The zero-order valence-corrected chi connectivity index (χ0v) is 17.8. The molecule has 0 unspecified atom stereocenters. The van der Waals surface area contributed by atoms with Gasteiger partial charge in [0.05, 0.1) is 11.0 Å². The highest BCUT2D eigenvalue weighted by molar-refractivity contribution is 7.89. The summed E-state index contributed by atoms with van der Waals surface area (Å²) in [6.45, 7) is 4.45. The molecule has 29 heavy (non-hydrogen) atoms. The molecule has 1 aliphatic rings. The van der Waals surface area contributed by atoms with Crippen molar-refractivity contribution in [2.75, 3.05) is 6.54 Å². The molecule has 1 aliphatic carbocycles. The summed E-state index contributed by atoms with van der Waals surface area (Å²) < 4.78 is 31.9. The van der Waals surface area contributed by atoms with Crippen LogP contribution in [0.25, 0.3) is 0 Å². The summed E-state index contributed by atoms with van der Waals surface area (Å²) in [5.41, 5.74) is 0.840. The number of aryl methyl sites for hydroxylation is 2. The Labute approximate surface area is 171 Å². The van der Waals surface area contributed by atoms with Gasteiger partial charge in [0.15, 0.2) is 6.10 Å². The predicted octanol–water partition coefficient (Wildman–Crippen LogP) is 1.86. The summed E-state index contributed by atoms with van der Waals surface area (Å²) >= 11 is 0. The van der Waals surface area contributed by atoms with Crippen LogP contribution in [0.1, 0.15) is 50.2 Å². The van der Waals surface area contributed by atoms with Crippen LogP contribution >= 0.6 is 0 Å². The maximum Gasteiger partial charge on any atom is 0.321 e. The van der Waals surface area contributed by atoms with Crippen LogP contribution in [0.15, 0.2) is 23.1 Å². The summed E-state index contributed by atoms with van der Waals surface area (Å²) in [5, 5.41) is 12.1. The second kappa shape index (κ2) is 9.37. The number of hydrogen-bond donors (Lipinski definition) is 2. The molecule has 1 saturated carbocycles. The standard InChI is InChI=1S/C20H27N3O5S/c1-14-7-8-17(11-15(14)2)29(26,27)22-12-18(24)28-16(3)19(25)23-20(13-21)9-5-4-6-10-20/h7-8,11,16,22H,4-6,9-10,12H2,1-3H3,(H,23,25)/t16-/m0/s1. The molecule has 1 aromatic carbocycles. The molecule has 0 saturated heterocycles. The third-order valence-electron chi connectivity index (χ3n) is 5.16. The van der Waals surface area contributed by atoms with Gasteiger partial charge in [0.1, 0.15) is 12.1 Å². The molecule has 1 amide bonds. The first kappa shape index (κ1) is 22.8. The molecule has 8 nitrogen and oxygen atoms in total. The highest BCUT2D eigenvalue weighted by Gasteiger charge is 2.35. The van der Waals surface area contributed by atoms with Crippen LogP contribution < -0.4 is 10.0 Å². The van der Waals surface area contributed by atoms with Gasteiger partial charge in [-0.05, 0) is 56.9 Å². The van der Waals surface area contributed by atoms with Crippen LogP contribution in [-0.4, -0.2) is 38.5 Å². The second-order valence-corrected chi connectivity index (χ2v) is 9.21. The van der Waals surface area contributed by atoms with Crippen LogP contribution in [0.2, 0.25) is 0 Å². The van der Waals surface area contributed by atoms with E-state index in [1.807, 2.05) is 6.92 Å². The number of amides is 1. The number of rotatable bonds is 7. The van der Waals surface area contributed by atoms with E-state index in [9.17, 15) is 23.3 Å². The molecular formula is C20H27N3O5S. The second-order valence-electron chi connectivity index (χ2n) is 7.45. The summed E-state index contributed by atoms with van der Waals surface area (Å²) in [5.74, 6) is -1.45. The zero-order valence-electron chi connectivity index (χ0n) is 16.9. The van der Waals surface area contributed by atoms with Gasteiger partial charge in [-0.1, -0.05) is 25.3 Å². The van der Waals surface area contributed by atoms with Crippen molar-refractivity contribution in [1.82, 2.24) is 10.0 Å². The van der Waals surface area contributed by atoms with Crippen molar-refractivity contribution in [2.45, 2.75) is 69.4 Å². The van der Waals surface area contributed by atoms with Gasteiger partial charge in [-0.3, -0.25) is 9.59 Å². The number of nitrogens with zero attached hydrogens (tertiary/aromatic N) is 1. The van der Waals surface area contributed by atoms with E-state index in [4.69, 9.17) is 4.74 Å². The lowest BCUT2D eigenvalue weighted by Gasteiger charge is -2.32. The van der Waals surface area contributed by atoms with Gasteiger partial charge in [0.25, 0.3) is 5.91 Å².